The molecule has 1 saturated carbocycles. The van der Waals surface area contributed by atoms with Crippen molar-refractivity contribution in [2.45, 2.75) is 44.6 Å². The van der Waals surface area contributed by atoms with E-state index in [-0.39, 0.29) is 12.3 Å². The zero-order valence-electron chi connectivity index (χ0n) is 14.5. The Kier molecular flexibility index (Phi) is 5.63. The van der Waals surface area contributed by atoms with Gasteiger partial charge in [-0.1, -0.05) is 42.6 Å². The van der Waals surface area contributed by atoms with Crippen LogP contribution in [0.3, 0.4) is 0 Å². The standard InChI is InChI=1S/C19H21ClN2O3S/c1-19(9-5-4-7-14(19)18(24)25)22-16(23)10-12-11-26-17(21-12)13-6-2-3-8-15(13)20/h2-3,6,8,11,14H,4-5,7,9-10H2,1H3,(H,22,23)(H,24,25). The van der Waals surface area contributed by atoms with E-state index in [1.165, 1.54) is 11.3 Å². The van der Waals surface area contributed by atoms with E-state index in [9.17, 15) is 14.7 Å². The molecule has 2 N–H and O–H groups in total. The number of benzene rings is 1. The van der Waals surface area contributed by atoms with Crippen LogP contribution in [-0.2, 0) is 16.0 Å². The van der Waals surface area contributed by atoms with Gasteiger partial charge in [-0.3, -0.25) is 9.59 Å². The summed E-state index contributed by atoms with van der Waals surface area (Å²) < 4.78 is 0. The van der Waals surface area contributed by atoms with Gasteiger partial charge in [-0.05, 0) is 25.8 Å². The van der Waals surface area contributed by atoms with E-state index in [1.807, 2.05) is 30.5 Å². The summed E-state index contributed by atoms with van der Waals surface area (Å²) in [7, 11) is 0. The molecule has 26 heavy (non-hydrogen) atoms. The maximum Gasteiger partial charge on any atom is 0.308 e. The van der Waals surface area contributed by atoms with Crippen molar-refractivity contribution in [3.8, 4) is 10.6 Å². The Balaban J connectivity index is 1.69. The molecule has 3 rings (SSSR count). The molecule has 1 aromatic carbocycles. The number of carboxylic acid groups (broad SMARTS) is 1. The fraction of sp³-hybridized carbons (Fsp3) is 0.421. The fourth-order valence-corrected chi connectivity index (χ4v) is 4.69. The van der Waals surface area contributed by atoms with E-state index >= 15 is 0 Å². The molecule has 138 valence electrons. The summed E-state index contributed by atoms with van der Waals surface area (Å²) in [5, 5.41) is 15.6. The lowest BCUT2D eigenvalue weighted by Gasteiger charge is -2.39. The molecule has 1 heterocycles. The summed E-state index contributed by atoms with van der Waals surface area (Å²) >= 11 is 7.64. The number of aliphatic carboxylic acids is 1. The molecule has 1 aliphatic carbocycles. The van der Waals surface area contributed by atoms with E-state index in [0.717, 1.165) is 23.4 Å². The third-order valence-corrected chi connectivity index (χ3v) is 6.18. The van der Waals surface area contributed by atoms with E-state index in [1.54, 1.807) is 6.07 Å². The lowest BCUT2D eigenvalue weighted by atomic mass is 9.74. The third-order valence-electron chi connectivity index (χ3n) is 4.93. The molecule has 7 heteroatoms. The second kappa shape index (κ2) is 7.76. The normalized spacial score (nSPS) is 22.8. The number of nitrogens with zero attached hydrogens (tertiary/aromatic N) is 1. The number of hydrogen-bond acceptors (Lipinski definition) is 4. The lowest BCUT2D eigenvalue weighted by Crippen LogP contribution is -2.55. The molecular formula is C19H21ClN2O3S. The van der Waals surface area contributed by atoms with Crippen molar-refractivity contribution < 1.29 is 14.7 Å². The van der Waals surface area contributed by atoms with Crippen LogP contribution in [0.1, 0.15) is 38.3 Å². The van der Waals surface area contributed by atoms with Gasteiger partial charge in [-0.15, -0.1) is 11.3 Å². The largest absolute Gasteiger partial charge is 0.481 e. The predicted molar refractivity (Wildman–Crippen MR) is 102 cm³/mol. The molecule has 2 aromatic rings. The minimum atomic E-state index is -0.845. The van der Waals surface area contributed by atoms with Crippen LogP contribution >= 0.6 is 22.9 Å². The Hall–Kier alpha value is -1.92. The van der Waals surface area contributed by atoms with Gasteiger partial charge in [-0.2, -0.15) is 0 Å². The fourth-order valence-electron chi connectivity index (χ4n) is 3.55. The van der Waals surface area contributed by atoms with E-state index in [0.29, 0.717) is 23.6 Å². The quantitative estimate of drug-likeness (QED) is 0.800. The number of thiazole rings is 1. The van der Waals surface area contributed by atoms with Gasteiger partial charge in [0.1, 0.15) is 5.01 Å². The van der Waals surface area contributed by atoms with Crippen molar-refractivity contribution in [1.29, 1.82) is 0 Å². The molecule has 2 unspecified atom stereocenters. The van der Waals surface area contributed by atoms with Crippen LogP contribution < -0.4 is 5.32 Å². The first kappa shape index (κ1) is 18.9. The average Bonchev–Trinajstić information content (AvgIpc) is 3.02. The summed E-state index contributed by atoms with van der Waals surface area (Å²) in [5.74, 6) is -1.59. The molecule has 1 aromatic heterocycles. The van der Waals surface area contributed by atoms with Crippen molar-refractivity contribution in [2.75, 3.05) is 0 Å². The first-order valence-electron chi connectivity index (χ1n) is 8.62. The van der Waals surface area contributed by atoms with Gasteiger partial charge in [-0.25, -0.2) is 4.98 Å². The second-order valence-corrected chi connectivity index (χ2v) is 8.17. The number of aromatic nitrogens is 1. The molecule has 0 radical (unpaired) electrons. The molecule has 1 amide bonds. The molecular weight excluding hydrogens is 372 g/mol. The van der Waals surface area contributed by atoms with Crippen LogP contribution in [0.2, 0.25) is 5.02 Å². The Morgan fingerprint density at radius 2 is 2.15 bits per heavy atom. The summed E-state index contributed by atoms with van der Waals surface area (Å²) in [5.41, 5.74) is 0.799. The van der Waals surface area contributed by atoms with Crippen molar-refractivity contribution in [1.82, 2.24) is 10.3 Å². The number of nitrogens with one attached hydrogen (secondary N) is 1. The molecule has 1 aliphatic rings. The highest BCUT2D eigenvalue weighted by atomic mass is 35.5. The average molecular weight is 393 g/mol. The topological polar surface area (TPSA) is 79.3 Å². The van der Waals surface area contributed by atoms with Gasteiger partial charge in [0.25, 0.3) is 0 Å². The number of carbonyl (C=O) groups excluding carboxylic acids is 1. The highest BCUT2D eigenvalue weighted by Gasteiger charge is 2.42. The zero-order valence-corrected chi connectivity index (χ0v) is 16.1. The van der Waals surface area contributed by atoms with E-state index in [4.69, 9.17) is 11.6 Å². The molecule has 0 saturated heterocycles. The van der Waals surface area contributed by atoms with E-state index in [2.05, 4.69) is 10.3 Å². The summed E-state index contributed by atoms with van der Waals surface area (Å²) in [4.78, 5) is 28.5. The highest BCUT2D eigenvalue weighted by Crippen LogP contribution is 2.34. The first-order chi connectivity index (χ1) is 12.4. The summed E-state index contributed by atoms with van der Waals surface area (Å²) in [6.45, 7) is 1.83. The number of amides is 1. The number of rotatable bonds is 5. The smallest absolute Gasteiger partial charge is 0.308 e. The molecule has 5 nitrogen and oxygen atoms in total. The Morgan fingerprint density at radius 3 is 2.88 bits per heavy atom. The number of halogens is 1. The van der Waals surface area contributed by atoms with Gasteiger partial charge in [0.15, 0.2) is 0 Å². The SMILES string of the molecule is CC1(NC(=O)Cc2csc(-c3ccccc3Cl)n2)CCCCC1C(=O)O. The summed E-state index contributed by atoms with van der Waals surface area (Å²) in [6, 6.07) is 7.45. The van der Waals surface area contributed by atoms with Crippen LogP contribution in [0.25, 0.3) is 10.6 Å². The maximum absolute atomic E-state index is 12.5. The zero-order chi connectivity index (χ0) is 18.7. The van der Waals surface area contributed by atoms with Crippen LogP contribution in [0, 0.1) is 5.92 Å². The molecule has 0 aliphatic heterocycles. The Bertz CT molecular complexity index is 823. The monoisotopic (exact) mass is 392 g/mol. The highest BCUT2D eigenvalue weighted by molar-refractivity contribution is 7.13. The Labute approximate surface area is 161 Å². The van der Waals surface area contributed by atoms with Gasteiger partial charge >= 0.3 is 5.97 Å². The Morgan fingerprint density at radius 1 is 1.38 bits per heavy atom. The summed E-state index contributed by atoms with van der Waals surface area (Å²) in [6.07, 6.45) is 3.21. The number of carboxylic acids is 1. The van der Waals surface area contributed by atoms with Crippen molar-refractivity contribution >= 4 is 34.8 Å². The van der Waals surface area contributed by atoms with Crippen LogP contribution in [0.4, 0.5) is 0 Å². The predicted octanol–water partition coefficient (Wildman–Crippen LogP) is 4.16. The van der Waals surface area contributed by atoms with Crippen molar-refractivity contribution in [2.24, 2.45) is 5.92 Å². The number of carbonyl (C=O) groups is 2. The maximum atomic E-state index is 12.5. The second-order valence-electron chi connectivity index (χ2n) is 6.90. The molecule has 2 atom stereocenters. The molecule has 0 spiro atoms. The van der Waals surface area contributed by atoms with Crippen LogP contribution in [0.5, 0.6) is 0 Å². The van der Waals surface area contributed by atoms with Gasteiger partial charge in [0.05, 0.1) is 28.6 Å². The number of hydrogen-bond donors (Lipinski definition) is 2. The first-order valence-corrected chi connectivity index (χ1v) is 9.88. The van der Waals surface area contributed by atoms with Gasteiger partial charge in [0.2, 0.25) is 5.91 Å². The van der Waals surface area contributed by atoms with Gasteiger partial charge < -0.3 is 10.4 Å². The third kappa shape index (κ3) is 4.07. The van der Waals surface area contributed by atoms with Crippen LogP contribution in [-0.4, -0.2) is 27.5 Å². The lowest BCUT2D eigenvalue weighted by molar-refractivity contribution is -0.146. The minimum absolute atomic E-state index is 0.128. The van der Waals surface area contributed by atoms with Crippen molar-refractivity contribution in [3.63, 3.8) is 0 Å². The van der Waals surface area contributed by atoms with Crippen molar-refractivity contribution in [3.05, 3.63) is 40.4 Å². The molecule has 1 fully saturated rings. The minimum Gasteiger partial charge on any atom is -0.481 e. The molecule has 0 bridgehead atoms. The van der Waals surface area contributed by atoms with Gasteiger partial charge in [0, 0.05) is 10.9 Å². The van der Waals surface area contributed by atoms with E-state index < -0.39 is 17.4 Å². The van der Waals surface area contributed by atoms with Crippen LogP contribution in [0.15, 0.2) is 29.6 Å².